The van der Waals surface area contributed by atoms with E-state index in [9.17, 15) is 37.6 Å². The van der Waals surface area contributed by atoms with Crippen LogP contribution >= 0.6 is 0 Å². The van der Waals surface area contributed by atoms with Crippen molar-refractivity contribution in [2.45, 2.75) is 204 Å². The number of rotatable bonds is 34. The number of nitrogens with one attached hydrogen (secondary N) is 1. The Kier molecular flexibility index (Phi) is 30.6. The van der Waals surface area contributed by atoms with Gasteiger partial charge in [-0.3, -0.25) is 18.9 Å². The van der Waals surface area contributed by atoms with Crippen molar-refractivity contribution in [3.8, 4) is 0 Å². The number of benzene rings is 2. The summed E-state index contributed by atoms with van der Waals surface area (Å²) >= 11 is 0. The molecule has 2 aromatic carbocycles. The molecule has 4 N–H and O–H groups in total. The van der Waals surface area contributed by atoms with E-state index in [4.69, 9.17) is 18.4 Å². The van der Waals surface area contributed by atoms with E-state index < -0.39 is 71.6 Å². The maximum absolute atomic E-state index is 13.9. The molecule has 6 atom stereocenters. The van der Waals surface area contributed by atoms with Gasteiger partial charge in [0.1, 0.15) is 18.2 Å². The third kappa shape index (κ3) is 25.2. The molecule has 1 fully saturated rings. The summed E-state index contributed by atoms with van der Waals surface area (Å²) in [6, 6.07) is 19.0. The molecule has 1 heterocycles. The first kappa shape index (κ1) is 56.7. The molecule has 352 valence electrons. The fourth-order valence-corrected chi connectivity index (χ4v) is 8.42. The summed E-state index contributed by atoms with van der Waals surface area (Å²) in [6.45, 7) is 1.29. The van der Waals surface area contributed by atoms with E-state index in [0.29, 0.717) is 19.3 Å². The maximum atomic E-state index is 13.9. The molecule has 3 rings (SSSR count). The summed E-state index contributed by atoms with van der Waals surface area (Å²) in [5.74, 6) is -2.10. The zero-order valence-corrected chi connectivity index (χ0v) is 40.9. The standard InChI is InChI=1S/C48H75NO12S.Na.H/c1-2-3-4-5-6-7-14-25-34-40(58-42(51)35-26-15-10-8-12-19-28-38-30-21-17-22-31-38)47(53)49-44-46(45(61-62(55,56)57)41(37-50)59-48(44)54)60-43(52)36-27-16-11-9-13-20-29-39-32-23-18-24-33-39;;/h17-18,21-24,30-33,40-41,44-46,48,50,54H,2-16,19-20,25-29,34-37H2,1H3,(H,49,53)(H,55,56,57);;/q;+1;-1/t40?,41-,44-,45-,46-,48?;;/m1../s1. The van der Waals surface area contributed by atoms with Gasteiger partial charge in [-0.15, -0.1) is 0 Å². The topological polar surface area (TPSA) is 195 Å². The van der Waals surface area contributed by atoms with Crippen molar-refractivity contribution in [3.63, 3.8) is 0 Å². The molecule has 1 aliphatic rings. The molecule has 1 aliphatic heterocycles. The van der Waals surface area contributed by atoms with E-state index in [1.807, 2.05) is 36.4 Å². The minimum absolute atomic E-state index is 0. The Morgan fingerprint density at radius 1 is 0.683 bits per heavy atom. The second kappa shape index (κ2) is 34.0. The number of ether oxygens (including phenoxy) is 3. The van der Waals surface area contributed by atoms with Crippen LogP contribution in [-0.2, 0) is 56.0 Å². The predicted octanol–water partition coefficient (Wildman–Crippen LogP) is 5.79. The minimum Gasteiger partial charge on any atom is -1.00 e. The molecule has 15 heteroatoms. The Morgan fingerprint density at radius 3 is 1.63 bits per heavy atom. The van der Waals surface area contributed by atoms with Crippen LogP contribution in [0.2, 0.25) is 0 Å². The van der Waals surface area contributed by atoms with Crippen molar-refractivity contribution in [3.05, 3.63) is 71.8 Å². The largest absolute Gasteiger partial charge is 1.00 e. The molecule has 0 aromatic heterocycles. The van der Waals surface area contributed by atoms with Crippen molar-refractivity contribution in [2.75, 3.05) is 6.61 Å². The van der Waals surface area contributed by atoms with Crippen molar-refractivity contribution < 1.29 is 86.9 Å². The molecule has 2 unspecified atom stereocenters. The van der Waals surface area contributed by atoms with Gasteiger partial charge >= 0.3 is 51.9 Å². The number of hydrogen-bond acceptors (Lipinski definition) is 11. The van der Waals surface area contributed by atoms with Crippen LogP contribution in [0.1, 0.15) is 167 Å². The van der Waals surface area contributed by atoms with Crippen molar-refractivity contribution in [1.82, 2.24) is 5.32 Å². The molecule has 0 saturated carbocycles. The third-order valence-electron chi connectivity index (χ3n) is 11.4. The number of hydrogen-bond donors (Lipinski definition) is 4. The SMILES string of the molecule is CCCCCCCCCCC(OC(=O)CCCCCCCCc1ccccc1)C(=O)N[C@H]1C(O)O[C@H](CO)[C@@H](OS(=O)(=O)O)[C@@H]1OC(=O)CCCCCCCCc1ccccc1.[H-].[Na+]. The fourth-order valence-electron chi connectivity index (χ4n) is 7.91. The quantitative estimate of drug-likeness (QED) is 0.0286. The number of amides is 1. The first-order valence-electron chi connectivity index (χ1n) is 23.4. The fraction of sp³-hybridized carbons (Fsp3) is 0.688. The van der Waals surface area contributed by atoms with E-state index >= 15 is 0 Å². The molecule has 2 aromatic rings. The molecule has 0 aliphatic carbocycles. The van der Waals surface area contributed by atoms with Crippen LogP contribution < -0.4 is 34.9 Å². The van der Waals surface area contributed by atoms with Crippen LogP contribution in [0.25, 0.3) is 0 Å². The van der Waals surface area contributed by atoms with Crippen LogP contribution in [0, 0.1) is 0 Å². The zero-order valence-electron chi connectivity index (χ0n) is 39.0. The van der Waals surface area contributed by atoms with Crippen molar-refractivity contribution >= 4 is 28.2 Å². The Bertz CT molecular complexity index is 1630. The van der Waals surface area contributed by atoms with E-state index in [-0.39, 0.29) is 50.2 Å². The summed E-state index contributed by atoms with van der Waals surface area (Å²) in [5, 5.41) is 23.7. The van der Waals surface area contributed by atoms with Gasteiger partial charge in [0.05, 0.1) is 6.61 Å². The first-order valence-corrected chi connectivity index (χ1v) is 24.7. The van der Waals surface area contributed by atoms with Crippen molar-refractivity contribution in [1.29, 1.82) is 0 Å². The number of aliphatic hydroxyl groups is 2. The molecule has 0 bridgehead atoms. The Balaban J connectivity index is 0.0000102. The summed E-state index contributed by atoms with van der Waals surface area (Å²) in [7, 11) is -5.19. The summed E-state index contributed by atoms with van der Waals surface area (Å²) < 4.78 is 55.2. The van der Waals surface area contributed by atoms with Crippen LogP contribution in [0.15, 0.2) is 60.7 Å². The Labute approximate surface area is 400 Å². The number of carbonyl (C=O) groups excluding carboxylic acids is 3. The summed E-state index contributed by atoms with van der Waals surface area (Å²) in [5.41, 5.74) is 2.62. The smallest absolute Gasteiger partial charge is 1.00 e. The molecular weight excluding hydrogens is 838 g/mol. The van der Waals surface area contributed by atoms with Gasteiger partial charge in [0.15, 0.2) is 18.5 Å². The first-order chi connectivity index (χ1) is 30.0. The second-order valence-electron chi connectivity index (χ2n) is 16.7. The number of esters is 2. The normalized spacial score (nSPS) is 19.1. The van der Waals surface area contributed by atoms with Gasteiger partial charge in [-0.2, -0.15) is 8.42 Å². The number of aliphatic hydroxyl groups excluding tert-OH is 2. The molecule has 0 radical (unpaired) electrons. The van der Waals surface area contributed by atoms with Gasteiger partial charge in [-0.25, -0.2) is 4.18 Å². The van der Waals surface area contributed by atoms with Gasteiger partial charge in [0.25, 0.3) is 5.91 Å². The van der Waals surface area contributed by atoms with Crippen LogP contribution in [0.4, 0.5) is 0 Å². The van der Waals surface area contributed by atoms with Crippen LogP contribution in [0.3, 0.4) is 0 Å². The number of aryl methyl sites for hydroxylation is 2. The van der Waals surface area contributed by atoms with Crippen LogP contribution in [-0.4, -0.2) is 84.4 Å². The summed E-state index contributed by atoms with van der Waals surface area (Å²) in [6.07, 6.45) is 12.9. The molecular formula is C48H76NNaO12S. The summed E-state index contributed by atoms with van der Waals surface area (Å²) in [4.78, 5) is 40.3. The zero-order chi connectivity index (χ0) is 44.8. The van der Waals surface area contributed by atoms with Crippen LogP contribution in [0.5, 0.6) is 0 Å². The third-order valence-corrected chi connectivity index (χ3v) is 11.9. The Morgan fingerprint density at radius 2 is 1.14 bits per heavy atom. The van der Waals surface area contributed by atoms with Gasteiger partial charge in [0, 0.05) is 12.8 Å². The molecule has 1 amide bonds. The number of carbonyl (C=O) groups is 3. The monoisotopic (exact) mass is 913 g/mol. The minimum atomic E-state index is -5.19. The van der Waals surface area contributed by atoms with Gasteiger partial charge in [-0.1, -0.05) is 164 Å². The Hall–Kier alpha value is -2.40. The van der Waals surface area contributed by atoms with Gasteiger partial charge < -0.3 is 31.2 Å². The average molecular weight is 914 g/mol. The van der Waals surface area contributed by atoms with E-state index in [1.165, 1.54) is 24.0 Å². The molecule has 0 spiro atoms. The van der Waals surface area contributed by atoms with Gasteiger partial charge in [-0.05, 0) is 62.5 Å². The van der Waals surface area contributed by atoms with E-state index in [0.717, 1.165) is 109 Å². The van der Waals surface area contributed by atoms with Gasteiger partial charge in [0.2, 0.25) is 0 Å². The molecule has 63 heavy (non-hydrogen) atoms. The molecule has 1 saturated heterocycles. The predicted molar refractivity (Wildman–Crippen MR) is 239 cm³/mol. The van der Waals surface area contributed by atoms with Crippen molar-refractivity contribution in [2.24, 2.45) is 0 Å². The second-order valence-corrected chi connectivity index (χ2v) is 17.7. The molecule has 13 nitrogen and oxygen atoms in total. The van der Waals surface area contributed by atoms with E-state index in [2.05, 4.69) is 36.5 Å². The van der Waals surface area contributed by atoms with E-state index in [1.54, 1.807) is 0 Å². The maximum Gasteiger partial charge on any atom is 1.00 e. The number of unbranched alkanes of at least 4 members (excludes halogenated alkanes) is 17. The average Bonchev–Trinajstić information content (AvgIpc) is 3.25.